The number of carbonyl (C=O) groups excluding carboxylic acids is 1. The molecule has 2 aromatic rings. The van der Waals surface area contributed by atoms with Crippen LogP contribution in [-0.2, 0) is 27.5 Å². The van der Waals surface area contributed by atoms with Crippen molar-refractivity contribution in [2.45, 2.75) is 30.2 Å². The lowest BCUT2D eigenvalue weighted by molar-refractivity contribution is -0.121. The van der Waals surface area contributed by atoms with Crippen LogP contribution < -0.4 is 5.32 Å². The van der Waals surface area contributed by atoms with Gasteiger partial charge in [-0.1, -0.05) is 42.5 Å². The normalized spacial score (nSPS) is 14.4. The fourth-order valence-corrected chi connectivity index (χ4v) is 4.20. The van der Waals surface area contributed by atoms with E-state index in [9.17, 15) is 13.2 Å². The van der Waals surface area contributed by atoms with Crippen LogP contribution in [0.15, 0.2) is 59.5 Å². The maximum atomic E-state index is 12.2. The zero-order valence-corrected chi connectivity index (χ0v) is 13.6. The fourth-order valence-electron chi connectivity index (χ4n) is 2.93. The van der Waals surface area contributed by atoms with Crippen molar-refractivity contribution in [1.82, 2.24) is 5.32 Å². The van der Waals surface area contributed by atoms with Crippen molar-refractivity contribution >= 4 is 15.7 Å². The Morgan fingerprint density at radius 2 is 1.52 bits per heavy atom. The van der Waals surface area contributed by atoms with Crippen LogP contribution in [0.5, 0.6) is 0 Å². The molecule has 120 valence electrons. The van der Waals surface area contributed by atoms with E-state index in [0.29, 0.717) is 0 Å². The molecule has 0 radical (unpaired) electrons. The summed E-state index contributed by atoms with van der Waals surface area (Å²) in [7, 11) is -3.40. The third-order valence-electron chi connectivity index (χ3n) is 4.12. The van der Waals surface area contributed by atoms with Crippen LogP contribution >= 0.6 is 0 Å². The molecule has 5 heteroatoms. The average Bonchev–Trinajstić information content (AvgIpc) is 2.96. The first-order valence-electron chi connectivity index (χ1n) is 7.68. The average molecular weight is 329 g/mol. The second kappa shape index (κ2) is 6.54. The molecule has 0 aromatic heterocycles. The Kier molecular flexibility index (Phi) is 4.48. The summed E-state index contributed by atoms with van der Waals surface area (Å²) in [6.45, 7) is 0. The summed E-state index contributed by atoms with van der Waals surface area (Å²) in [5.74, 6) is -0.370. The van der Waals surface area contributed by atoms with Crippen LogP contribution in [0.4, 0.5) is 0 Å². The molecule has 2 aromatic carbocycles. The third-order valence-corrected chi connectivity index (χ3v) is 5.85. The van der Waals surface area contributed by atoms with Crippen LogP contribution in [0.1, 0.15) is 17.5 Å². The predicted octanol–water partition coefficient (Wildman–Crippen LogP) is 2.13. The largest absolute Gasteiger partial charge is 0.353 e. The number of fused-ring (bicyclic) bond motifs is 1. The van der Waals surface area contributed by atoms with Crippen molar-refractivity contribution in [1.29, 1.82) is 0 Å². The number of rotatable bonds is 5. The Hall–Kier alpha value is -2.14. The summed E-state index contributed by atoms with van der Waals surface area (Å²) in [6, 6.07) is 16.4. The van der Waals surface area contributed by atoms with Crippen LogP contribution in [0.25, 0.3) is 0 Å². The molecule has 0 saturated heterocycles. The molecule has 0 atom stereocenters. The van der Waals surface area contributed by atoms with E-state index >= 15 is 0 Å². The molecule has 1 N–H and O–H groups in total. The number of nitrogens with one attached hydrogen (secondary N) is 1. The Bertz CT molecular complexity index is 775. The Morgan fingerprint density at radius 1 is 0.957 bits per heavy atom. The molecule has 4 nitrogen and oxygen atoms in total. The zero-order valence-electron chi connectivity index (χ0n) is 12.7. The molecule has 0 fully saturated rings. The van der Waals surface area contributed by atoms with Crippen molar-refractivity contribution in [3.63, 3.8) is 0 Å². The second-order valence-corrected chi connectivity index (χ2v) is 7.93. The molecule has 3 rings (SSSR count). The van der Waals surface area contributed by atoms with Crippen LogP contribution in [0.2, 0.25) is 0 Å². The van der Waals surface area contributed by atoms with E-state index in [1.165, 1.54) is 11.1 Å². The minimum atomic E-state index is -3.40. The number of carbonyl (C=O) groups is 1. The van der Waals surface area contributed by atoms with Gasteiger partial charge in [0.15, 0.2) is 9.84 Å². The summed E-state index contributed by atoms with van der Waals surface area (Å²) in [5, 5.41) is 2.95. The minimum absolute atomic E-state index is 0.00985. The van der Waals surface area contributed by atoms with Crippen molar-refractivity contribution in [3.8, 4) is 0 Å². The second-order valence-electron chi connectivity index (χ2n) is 5.82. The molecule has 1 aliphatic rings. The lowest BCUT2D eigenvalue weighted by Gasteiger charge is -2.12. The summed E-state index contributed by atoms with van der Waals surface area (Å²) >= 11 is 0. The van der Waals surface area contributed by atoms with Crippen molar-refractivity contribution in [2.75, 3.05) is 5.75 Å². The summed E-state index contributed by atoms with van der Waals surface area (Å²) in [6.07, 6.45) is 1.62. The Morgan fingerprint density at radius 3 is 2.13 bits per heavy atom. The van der Waals surface area contributed by atoms with E-state index in [1.807, 2.05) is 12.1 Å². The van der Waals surface area contributed by atoms with Crippen molar-refractivity contribution in [2.24, 2.45) is 0 Å². The standard InChI is InChI=1S/C18H19NO3S/c20-18(10-11-23(21,22)17-8-2-1-3-9-17)19-16-12-14-6-4-5-7-15(14)13-16/h1-9,16H,10-13H2,(H,19,20). The molecule has 23 heavy (non-hydrogen) atoms. The molecule has 1 amide bonds. The maximum absolute atomic E-state index is 12.2. The lowest BCUT2D eigenvalue weighted by atomic mass is 10.1. The zero-order chi connectivity index (χ0) is 16.3. The van der Waals surface area contributed by atoms with Crippen LogP contribution in [-0.4, -0.2) is 26.1 Å². The SMILES string of the molecule is O=C(CCS(=O)(=O)c1ccccc1)NC1Cc2ccccc2C1. The van der Waals surface area contributed by atoms with Gasteiger partial charge in [-0.3, -0.25) is 4.79 Å². The van der Waals surface area contributed by atoms with Gasteiger partial charge in [0.2, 0.25) is 5.91 Å². The molecular formula is C18H19NO3S. The highest BCUT2D eigenvalue weighted by atomic mass is 32.2. The molecule has 1 aliphatic carbocycles. The van der Waals surface area contributed by atoms with E-state index in [4.69, 9.17) is 0 Å². The lowest BCUT2D eigenvalue weighted by Crippen LogP contribution is -2.36. The molecule has 0 aliphatic heterocycles. The first kappa shape index (κ1) is 15.7. The number of amides is 1. The maximum Gasteiger partial charge on any atom is 0.221 e. The molecular weight excluding hydrogens is 310 g/mol. The fraction of sp³-hybridized carbons (Fsp3) is 0.278. The van der Waals surface area contributed by atoms with Crippen LogP contribution in [0.3, 0.4) is 0 Å². The van der Waals surface area contributed by atoms with Crippen LogP contribution in [0, 0.1) is 0 Å². The number of hydrogen-bond donors (Lipinski definition) is 1. The first-order valence-corrected chi connectivity index (χ1v) is 9.34. The quantitative estimate of drug-likeness (QED) is 0.914. The van der Waals surface area contributed by atoms with E-state index < -0.39 is 9.84 Å². The van der Waals surface area contributed by atoms with Gasteiger partial charge in [0.1, 0.15) is 0 Å². The van der Waals surface area contributed by atoms with Gasteiger partial charge in [-0.25, -0.2) is 8.42 Å². The van der Waals surface area contributed by atoms with E-state index in [0.717, 1.165) is 12.8 Å². The smallest absolute Gasteiger partial charge is 0.221 e. The Labute approximate surface area is 136 Å². The van der Waals surface area contributed by atoms with Crippen molar-refractivity contribution in [3.05, 3.63) is 65.7 Å². The monoisotopic (exact) mass is 329 g/mol. The molecule has 0 saturated carbocycles. The van der Waals surface area contributed by atoms with Gasteiger partial charge in [-0.15, -0.1) is 0 Å². The minimum Gasteiger partial charge on any atom is -0.353 e. The third kappa shape index (κ3) is 3.79. The summed E-state index contributed by atoms with van der Waals surface area (Å²) in [5.41, 5.74) is 2.52. The number of hydrogen-bond acceptors (Lipinski definition) is 3. The predicted molar refractivity (Wildman–Crippen MR) is 88.9 cm³/mol. The van der Waals surface area contributed by atoms with Crippen molar-refractivity contribution < 1.29 is 13.2 Å². The highest BCUT2D eigenvalue weighted by molar-refractivity contribution is 7.91. The first-order chi connectivity index (χ1) is 11.0. The molecule has 0 spiro atoms. The highest BCUT2D eigenvalue weighted by Gasteiger charge is 2.23. The Balaban J connectivity index is 1.53. The molecule has 0 unspecified atom stereocenters. The molecule has 0 heterocycles. The van der Waals surface area contributed by atoms with E-state index in [1.54, 1.807) is 30.3 Å². The summed E-state index contributed by atoms with van der Waals surface area (Å²) in [4.78, 5) is 12.3. The van der Waals surface area contributed by atoms with E-state index in [-0.39, 0.29) is 29.0 Å². The molecule has 0 bridgehead atoms. The number of sulfone groups is 1. The van der Waals surface area contributed by atoms with Gasteiger partial charge in [0, 0.05) is 12.5 Å². The van der Waals surface area contributed by atoms with Gasteiger partial charge in [-0.2, -0.15) is 0 Å². The van der Waals surface area contributed by atoms with Gasteiger partial charge in [0.25, 0.3) is 0 Å². The number of benzene rings is 2. The van der Waals surface area contributed by atoms with Gasteiger partial charge >= 0.3 is 0 Å². The summed E-state index contributed by atoms with van der Waals surface area (Å²) < 4.78 is 24.3. The van der Waals surface area contributed by atoms with Gasteiger partial charge in [-0.05, 0) is 36.1 Å². The van der Waals surface area contributed by atoms with Gasteiger partial charge in [0.05, 0.1) is 10.6 Å². The van der Waals surface area contributed by atoms with E-state index in [2.05, 4.69) is 17.4 Å². The van der Waals surface area contributed by atoms with Gasteiger partial charge < -0.3 is 5.32 Å². The topological polar surface area (TPSA) is 63.2 Å². The highest BCUT2D eigenvalue weighted by Crippen LogP contribution is 2.21.